The van der Waals surface area contributed by atoms with E-state index in [0.717, 1.165) is 11.1 Å². The summed E-state index contributed by atoms with van der Waals surface area (Å²) >= 11 is 0. The maximum absolute atomic E-state index is 12.2. The largest absolute Gasteiger partial charge is 0.372 e. The van der Waals surface area contributed by atoms with E-state index in [2.05, 4.69) is 5.32 Å². The minimum atomic E-state index is -0.120. The molecule has 0 aliphatic heterocycles. The normalized spacial score (nSPS) is 10.1. The van der Waals surface area contributed by atoms with Gasteiger partial charge in [-0.05, 0) is 17.5 Å². The number of Topliss-reactive ketones (excluding diaryl/α,β-unsaturated/α-hetero) is 1. The van der Waals surface area contributed by atoms with Crippen molar-refractivity contribution in [2.45, 2.75) is 53.5 Å². The summed E-state index contributed by atoms with van der Waals surface area (Å²) in [6, 6.07) is 7.52. The number of ether oxygens (including phenoxy) is 1. The average Bonchev–Trinajstić information content (AvgIpc) is 2.74. The average molecular weight is 450 g/mol. The number of hydrogen-bond donors (Lipinski definition) is 1. The van der Waals surface area contributed by atoms with Crippen molar-refractivity contribution in [2.24, 2.45) is 0 Å². The van der Waals surface area contributed by atoms with Gasteiger partial charge in [-0.3, -0.25) is 19.2 Å². The second-order valence-corrected chi connectivity index (χ2v) is 7.58. The number of carbonyl (C=O) groups is 4. The predicted molar refractivity (Wildman–Crippen MR) is 125 cm³/mol. The van der Waals surface area contributed by atoms with Gasteiger partial charge >= 0.3 is 0 Å². The summed E-state index contributed by atoms with van der Waals surface area (Å²) in [5, 5.41) is 2.75. The quantitative estimate of drug-likeness (QED) is 0.439. The Morgan fingerprint density at radius 2 is 1.62 bits per heavy atom. The maximum Gasteiger partial charge on any atom is 0.248 e. The fraction of sp³-hybridized carbons (Fsp3) is 0.583. The van der Waals surface area contributed by atoms with Crippen LogP contribution in [0.2, 0.25) is 0 Å². The lowest BCUT2D eigenvalue weighted by Gasteiger charge is -2.18. The third kappa shape index (κ3) is 12.2. The van der Waals surface area contributed by atoms with E-state index in [-0.39, 0.29) is 44.0 Å². The van der Waals surface area contributed by atoms with E-state index in [4.69, 9.17) is 4.74 Å². The highest BCUT2D eigenvalue weighted by molar-refractivity contribution is 5.81. The van der Waals surface area contributed by atoms with Gasteiger partial charge in [-0.2, -0.15) is 0 Å². The van der Waals surface area contributed by atoms with E-state index in [9.17, 15) is 19.2 Å². The molecule has 3 amide bonds. The molecule has 0 saturated heterocycles. The first-order valence-electron chi connectivity index (χ1n) is 10.6. The zero-order valence-corrected chi connectivity index (χ0v) is 19.1. The molecule has 0 unspecified atom stereocenters. The number of nitrogens with zero attached hydrogens (tertiary/aromatic N) is 2. The molecule has 0 saturated carbocycles. The number of amides is 3. The fourth-order valence-corrected chi connectivity index (χ4v) is 2.72. The highest BCUT2D eigenvalue weighted by Crippen LogP contribution is 2.08. The van der Waals surface area contributed by atoms with E-state index in [1.54, 1.807) is 30.8 Å². The number of rotatable bonds is 14. The minimum Gasteiger partial charge on any atom is -0.372 e. The smallest absolute Gasteiger partial charge is 0.248 e. The first kappa shape index (κ1) is 29.3. The summed E-state index contributed by atoms with van der Waals surface area (Å²) in [6.45, 7) is 5.15. The Hall–Kier alpha value is -2.74. The van der Waals surface area contributed by atoms with Crippen molar-refractivity contribution in [3.8, 4) is 0 Å². The maximum atomic E-state index is 12.2. The first-order chi connectivity index (χ1) is 14.7. The van der Waals surface area contributed by atoms with Crippen LogP contribution in [0.25, 0.3) is 0 Å². The van der Waals surface area contributed by atoms with Crippen LogP contribution in [0.5, 0.6) is 0 Å². The molecule has 180 valence electrons. The van der Waals surface area contributed by atoms with Crippen molar-refractivity contribution in [1.29, 1.82) is 0 Å². The summed E-state index contributed by atoms with van der Waals surface area (Å²) in [5.41, 5.74) is 1.83. The summed E-state index contributed by atoms with van der Waals surface area (Å²) < 4.78 is 5.41. The first-order valence-corrected chi connectivity index (χ1v) is 10.6. The molecule has 0 bridgehead atoms. The number of likely N-dealkylation sites (N-methyl/N-ethyl adjacent to an activating group) is 1. The zero-order valence-electron chi connectivity index (χ0n) is 19.1. The third-order valence-corrected chi connectivity index (χ3v) is 4.90. The van der Waals surface area contributed by atoms with Gasteiger partial charge in [-0.15, -0.1) is 0 Å². The Labute approximate surface area is 192 Å². The molecule has 32 heavy (non-hydrogen) atoms. The number of carbonyl (C=O) groups excluding carboxylic acids is 4. The minimum absolute atomic E-state index is 0. The lowest BCUT2D eigenvalue weighted by atomic mass is 10.1. The van der Waals surface area contributed by atoms with Gasteiger partial charge < -0.3 is 19.9 Å². The Kier molecular flexibility index (Phi) is 14.6. The van der Waals surface area contributed by atoms with Gasteiger partial charge in [-0.1, -0.05) is 38.6 Å². The highest BCUT2D eigenvalue weighted by atomic mass is 16.5. The van der Waals surface area contributed by atoms with Crippen LogP contribution >= 0.6 is 0 Å². The Balaban J connectivity index is 0.00000961. The van der Waals surface area contributed by atoms with Crippen LogP contribution in [-0.2, 0) is 36.9 Å². The summed E-state index contributed by atoms with van der Waals surface area (Å²) in [4.78, 5) is 49.7. The molecule has 0 aliphatic carbocycles. The van der Waals surface area contributed by atoms with Crippen molar-refractivity contribution in [2.75, 3.05) is 40.4 Å². The van der Waals surface area contributed by atoms with Gasteiger partial charge in [0.25, 0.3) is 0 Å². The van der Waals surface area contributed by atoms with Crippen molar-refractivity contribution < 1.29 is 23.9 Å². The van der Waals surface area contributed by atoms with Crippen LogP contribution in [0.4, 0.5) is 0 Å². The van der Waals surface area contributed by atoms with Crippen LogP contribution in [0.1, 0.15) is 51.7 Å². The standard InChI is InChI=1S/C23H35N3O5.CH4/c1-5-21(28)11-12-24-22(29)15-19-7-9-20(10-8-19)16-26(4)23(30)17-31-14-6-13-25(3)18(2)27;/h7-10H,5-6,11-17H2,1-4H3,(H,24,29);1H4. The molecule has 8 nitrogen and oxygen atoms in total. The molecule has 1 rings (SSSR count). The van der Waals surface area contributed by atoms with Gasteiger partial charge in [0.15, 0.2) is 0 Å². The molecule has 0 aromatic heterocycles. The summed E-state index contributed by atoms with van der Waals surface area (Å²) in [7, 11) is 3.45. The number of benzene rings is 1. The molecule has 8 heteroatoms. The van der Waals surface area contributed by atoms with Gasteiger partial charge in [0.1, 0.15) is 12.4 Å². The van der Waals surface area contributed by atoms with E-state index in [0.29, 0.717) is 45.5 Å². The second kappa shape index (κ2) is 16.0. The lowest BCUT2D eigenvalue weighted by molar-refractivity contribution is -0.135. The number of hydrogen-bond acceptors (Lipinski definition) is 5. The molecule has 0 heterocycles. The Morgan fingerprint density at radius 3 is 2.22 bits per heavy atom. The van der Waals surface area contributed by atoms with Crippen molar-refractivity contribution >= 4 is 23.5 Å². The molecule has 1 N–H and O–H groups in total. The predicted octanol–water partition coefficient (Wildman–Crippen LogP) is 2.19. The molecular weight excluding hydrogens is 410 g/mol. The molecule has 0 atom stereocenters. The molecule has 0 fully saturated rings. The van der Waals surface area contributed by atoms with Gasteiger partial charge in [0.05, 0.1) is 6.42 Å². The van der Waals surface area contributed by atoms with Crippen LogP contribution in [-0.4, -0.2) is 73.7 Å². The van der Waals surface area contributed by atoms with Crippen molar-refractivity contribution in [3.05, 3.63) is 35.4 Å². The van der Waals surface area contributed by atoms with E-state index in [1.165, 1.54) is 6.92 Å². The highest BCUT2D eigenvalue weighted by Gasteiger charge is 2.10. The Bertz CT molecular complexity index is 734. The number of nitrogens with one attached hydrogen (secondary N) is 1. The molecule has 0 spiro atoms. The van der Waals surface area contributed by atoms with E-state index in [1.807, 2.05) is 24.3 Å². The van der Waals surface area contributed by atoms with Crippen LogP contribution in [0.15, 0.2) is 24.3 Å². The zero-order chi connectivity index (χ0) is 23.2. The van der Waals surface area contributed by atoms with Gasteiger partial charge in [-0.25, -0.2) is 0 Å². The second-order valence-electron chi connectivity index (χ2n) is 7.58. The number of ketones is 1. The summed E-state index contributed by atoms with van der Waals surface area (Å²) in [5.74, 6) is -0.0965. The fourth-order valence-electron chi connectivity index (χ4n) is 2.72. The van der Waals surface area contributed by atoms with Crippen LogP contribution in [0.3, 0.4) is 0 Å². The van der Waals surface area contributed by atoms with Gasteiger partial charge in [0.2, 0.25) is 17.7 Å². The summed E-state index contributed by atoms with van der Waals surface area (Å²) in [6.07, 6.45) is 1.78. The SMILES string of the molecule is C.CCC(=O)CCNC(=O)Cc1ccc(CN(C)C(=O)COCCCN(C)C(C)=O)cc1. The van der Waals surface area contributed by atoms with E-state index < -0.39 is 0 Å². The molecular formula is C24H39N3O5. The van der Waals surface area contributed by atoms with Gasteiger partial charge in [0, 0.05) is 60.1 Å². The van der Waals surface area contributed by atoms with Crippen molar-refractivity contribution in [3.63, 3.8) is 0 Å². The van der Waals surface area contributed by atoms with E-state index >= 15 is 0 Å². The van der Waals surface area contributed by atoms with Crippen molar-refractivity contribution in [1.82, 2.24) is 15.1 Å². The monoisotopic (exact) mass is 449 g/mol. The molecule has 0 radical (unpaired) electrons. The molecule has 1 aromatic rings. The Morgan fingerprint density at radius 1 is 1.00 bits per heavy atom. The van der Waals surface area contributed by atoms with Crippen LogP contribution < -0.4 is 5.32 Å². The molecule has 0 aliphatic rings. The lowest BCUT2D eigenvalue weighted by Crippen LogP contribution is -2.30. The topological polar surface area (TPSA) is 96.0 Å². The molecule has 1 aromatic carbocycles. The van der Waals surface area contributed by atoms with Crippen LogP contribution in [0, 0.1) is 0 Å². The third-order valence-electron chi connectivity index (χ3n) is 4.90.